The van der Waals surface area contributed by atoms with Crippen molar-refractivity contribution >= 4 is 10.0 Å². The zero-order valence-electron chi connectivity index (χ0n) is 7.38. The van der Waals surface area contributed by atoms with Crippen molar-refractivity contribution in [1.82, 2.24) is 4.31 Å². The highest BCUT2D eigenvalue weighted by atomic mass is 32.2. The van der Waals surface area contributed by atoms with Gasteiger partial charge in [-0.1, -0.05) is 0 Å². The SMILES string of the molecule is CS(=O)(=O)N1CCCC1C1OC1O. The van der Waals surface area contributed by atoms with E-state index in [1.807, 2.05) is 0 Å². The second kappa shape index (κ2) is 2.91. The van der Waals surface area contributed by atoms with E-state index in [1.54, 1.807) is 0 Å². The predicted octanol–water partition coefficient (Wildman–Crippen LogP) is -0.872. The third-order valence-corrected chi connectivity index (χ3v) is 3.86. The van der Waals surface area contributed by atoms with E-state index >= 15 is 0 Å². The maximum Gasteiger partial charge on any atom is 0.211 e. The van der Waals surface area contributed by atoms with E-state index in [0.29, 0.717) is 6.54 Å². The van der Waals surface area contributed by atoms with Gasteiger partial charge in [-0.25, -0.2) is 8.42 Å². The molecule has 13 heavy (non-hydrogen) atoms. The number of rotatable bonds is 2. The lowest BCUT2D eigenvalue weighted by molar-refractivity contribution is 0.155. The Kier molecular flexibility index (Phi) is 2.10. The highest BCUT2D eigenvalue weighted by molar-refractivity contribution is 7.88. The smallest absolute Gasteiger partial charge is 0.211 e. The summed E-state index contributed by atoms with van der Waals surface area (Å²) in [6.45, 7) is 0.552. The zero-order valence-corrected chi connectivity index (χ0v) is 8.20. The van der Waals surface area contributed by atoms with E-state index in [1.165, 1.54) is 10.6 Å². The third kappa shape index (κ3) is 1.71. The molecule has 2 heterocycles. The van der Waals surface area contributed by atoms with Crippen molar-refractivity contribution < 1.29 is 18.3 Å². The van der Waals surface area contributed by atoms with Crippen molar-refractivity contribution in [3.63, 3.8) is 0 Å². The maximum atomic E-state index is 11.3. The largest absolute Gasteiger partial charge is 0.366 e. The number of aliphatic hydroxyl groups excluding tert-OH is 1. The molecule has 2 aliphatic rings. The number of aliphatic hydroxyl groups is 1. The van der Waals surface area contributed by atoms with Crippen molar-refractivity contribution in [2.24, 2.45) is 0 Å². The van der Waals surface area contributed by atoms with Crippen LogP contribution in [0.15, 0.2) is 0 Å². The molecule has 2 saturated heterocycles. The van der Waals surface area contributed by atoms with Gasteiger partial charge in [-0.15, -0.1) is 0 Å². The molecule has 5 nitrogen and oxygen atoms in total. The summed E-state index contributed by atoms with van der Waals surface area (Å²) in [6, 6.07) is -0.148. The van der Waals surface area contributed by atoms with Gasteiger partial charge in [0.1, 0.15) is 6.10 Å². The van der Waals surface area contributed by atoms with Crippen LogP contribution in [0.3, 0.4) is 0 Å². The Labute approximate surface area is 77.3 Å². The van der Waals surface area contributed by atoms with Gasteiger partial charge in [0.05, 0.1) is 12.3 Å². The first-order valence-corrected chi connectivity index (χ1v) is 6.15. The molecule has 0 aromatic heterocycles. The molecule has 3 unspecified atom stereocenters. The lowest BCUT2D eigenvalue weighted by Gasteiger charge is -2.19. The summed E-state index contributed by atoms with van der Waals surface area (Å²) in [5.74, 6) is 0. The fourth-order valence-electron chi connectivity index (χ4n) is 1.90. The average molecular weight is 207 g/mol. The van der Waals surface area contributed by atoms with Gasteiger partial charge in [0, 0.05) is 6.54 Å². The quantitative estimate of drug-likeness (QED) is 0.597. The minimum Gasteiger partial charge on any atom is -0.366 e. The van der Waals surface area contributed by atoms with Crippen LogP contribution in [0.1, 0.15) is 12.8 Å². The van der Waals surface area contributed by atoms with Gasteiger partial charge < -0.3 is 9.84 Å². The molecule has 0 spiro atoms. The standard InChI is InChI=1S/C7H13NO4S/c1-13(10,11)8-4-2-3-5(8)6-7(9)12-6/h5-7,9H,2-4H2,1H3. The van der Waals surface area contributed by atoms with E-state index in [2.05, 4.69) is 0 Å². The average Bonchev–Trinajstić information content (AvgIpc) is 2.57. The Balaban J connectivity index is 2.11. The van der Waals surface area contributed by atoms with Gasteiger partial charge in [0.15, 0.2) is 6.29 Å². The van der Waals surface area contributed by atoms with E-state index in [4.69, 9.17) is 9.84 Å². The van der Waals surface area contributed by atoms with Crippen molar-refractivity contribution in [2.45, 2.75) is 31.3 Å². The second-order valence-electron chi connectivity index (χ2n) is 3.57. The Morgan fingerprint density at radius 2 is 2.15 bits per heavy atom. The van der Waals surface area contributed by atoms with Crippen molar-refractivity contribution in [3.8, 4) is 0 Å². The van der Waals surface area contributed by atoms with Crippen LogP contribution < -0.4 is 0 Å². The molecule has 2 fully saturated rings. The van der Waals surface area contributed by atoms with Crippen LogP contribution in [0.4, 0.5) is 0 Å². The maximum absolute atomic E-state index is 11.3. The zero-order chi connectivity index (χ0) is 9.64. The molecule has 0 aromatic carbocycles. The number of nitrogens with zero attached hydrogens (tertiary/aromatic N) is 1. The molecule has 0 bridgehead atoms. The molecule has 1 N–H and O–H groups in total. The van der Waals surface area contributed by atoms with Crippen molar-refractivity contribution in [2.75, 3.05) is 12.8 Å². The predicted molar refractivity (Wildman–Crippen MR) is 45.5 cm³/mol. The summed E-state index contributed by atoms with van der Waals surface area (Å²) in [5, 5.41) is 9.03. The monoisotopic (exact) mass is 207 g/mol. The Hall–Kier alpha value is -0.170. The molecular weight excluding hydrogens is 194 g/mol. The molecule has 2 rings (SSSR count). The van der Waals surface area contributed by atoms with Crippen molar-refractivity contribution in [1.29, 1.82) is 0 Å². The Morgan fingerprint density at radius 1 is 1.54 bits per heavy atom. The number of hydrogen-bond acceptors (Lipinski definition) is 4. The molecule has 0 aromatic rings. The van der Waals surface area contributed by atoms with E-state index in [0.717, 1.165) is 12.8 Å². The summed E-state index contributed by atoms with van der Waals surface area (Å²) >= 11 is 0. The molecule has 2 aliphatic heterocycles. The van der Waals surface area contributed by atoms with E-state index in [9.17, 15) is 8.42 Å². The number of hydrogen-bond donors (Lipinski definition) is 1. The van der Waals surface area contributed by atoms with Gasteiger partial charge in [-0.2, -0.15) is 4.31 Å². The highest BCUT2D eigenvalue weighted by Crippen LogP contribution is 2.33. The van der Waals surface area contributed by atoms with Crippen molar-refractivity contribution in [3.05, 3.63) is 0 Å². The van der Waals surface area contributed by atoms with Crippen LogP contribution in [0.2, 0.25) is 0 Å². The first-order valence-electron chi connectivity index (χ1n) is 4.30. The molecule has 76 valence electrons. The summed E-state index contributed by atoms with van der Waals surface area (Å²) in [4.78, 5) is 0. The molecule has 0 saturated carbocycles. The van der Waals surface area contributed by atoms with Gasteiger partial charge in [-0.3, -0.25) is 0 Å². The summed E-state index contributed by atoms with van der Waals surface area (Å²) in [5.41, 5.74) is 0. The fourth-order valence-corrected chi connectivity index (χ4v) is 3.08. The van der Waals surface area contributed by atoms with Gasteiger partial charge >= 0.3 is 0 Å². The van der Waals surface area contributed by atoms with Crippen LogP contribution in [-0.2, 0) is 14.8 Å². The summed E-state index contributed by atoms with van der Waals surface area (Å²) in [6.07, 6.45) is 1.78. The molecular formula is C7H13NO4S. The van der Waals surface area contributed by atoms with Crippen LogP contribution in [-0.4, -0.2) is 49.1 Å². The number of sulfonamides is 1. The molecule has 0 radical (unpaired) electrons. The first-order chi connectivity index (χ1) is 6.00. The van der Waals surface area contributed by atoms with E-state index < -0.39 is 16.3 Å². The van der Waals surface area contributed by atoms with E-state index in [-0.39, 0.29) is 12.1 Å². The Bertz CT molecular complexity index is 302. The fraction of sp³-hybridized carbons (Fsp3) is 1.00. The minimum absolute atomic E-state index is 0.148. The molecule has 0 amide bonds. The van der Waals surface area contributed by atoms with Crippen LogP contribution in [0.25, 0.3) is 0 Å². The van der Waals surface area contributed by atoms with Crippen LogP contribution in [0, 0.1) is 0 Å². The molecule has 6 heteroatoms. The molecule has 0 aliphatic carbocycles. The van der Waals surface area contributed by atoms with Crippen LogP contribution >= 0.6 is 0 Å². The highest BCUT2D eigenvalue weighted by Gasteiger charge is 2.49. The second-order valence-corrected chi connectivity index (χ2v) is 5.51. The Morgan fingerprint density at radius 3 is 2.62 bits per heavy atom. The molecule has 3 atom stereocenters. The van der Waals surface area contributed by atoms with Gasteiger partial charge in [-0.05, 0) is 12.8 Å². The number of ether oxygens (including phenoxy) is 1. The normalized spacial score (nSPS) is 40.9. The summed E-state index contributed by atoms with van der Waals surface area (Å²) < 4.78 is 28.8. The lowest BCUT2D eigenvalue weighted by Crippen LogP contribution is -2.38. The van der Waals surface area contributed by atoms with Gasteiger partial charge in [0.25, 0.3) is 0 Å². The van der Waals surface area contributed by atoms with Gasteiger partial charge in [0.2, 0.25) is 10.0 Å². The first kappa shape index (κ1) is 9.39. The summed E-state index contributed by atoms with van der Waals surface area (Å²) in [7, 11) is -3.14. The minimum atomic E-state index is -3.14. The third-order valence-electron chi connectivity index (χ3n) is 2.55. The number of epoxide rings is 1. The van der Waals surface area contributed by atoms with Crippen LogP contribution in [0.5, 0.6) is 0 Å². The topological polar surface area (TPSA) is 70.1 Å². The lowest BCUT2D eigenvalue weighted by atomic mass is 10.2.